The van der Waals surface area contributed by atoms with Crippen LogP contribution in [0.4, 0.5) is 0 Å². The third-order valence-corrected chi connectivity index (χ3v) is 3.58. The Bertz CT molecular complexity index is 375. The summed E-state index contributed by atoms with van der Waals surface area (Å²) in [7, 11) is 0. The van der Waals surface area contributed by atoms with Crippen LogP contribution in [0.15, 0.2) is 21.2 Å². The molecule has 4 heteroatoms. The Morgan fingerprint density at radius 1 is 1.56 bits per heavy atom. The minimum absolute atomic E-state index is 0.120. The summed E-state index contributed by atoms with van der Waals surface area (Å²) in [5, 5.41) is 2.92. The third kappa shape index (κ3) is 2.88. The quantitative estimate of drug-likeness (QED) is 0.927. The van der Waals surface area contributed by atoms with Gasteiger partial charge in [0.05, 0.1) is 0 Å². The lowest BCUT2D eigenvalue weighted by Crippen LogP contribution is -2.28. The minimum Gasteiger partial charge on any atom is -0.444 e. The summed E-state index contributed by atoms with van der Waals surface area (Å²) >= 11 is 3.18. The average Bonchev–Trinajstić information content (AvgIpc) is 2.84. The highest BCUT2D eigenvalue weighted by Gasteiger charge is 2.22. The summed E-state index contributed by atoms with van der Waals surface area (Å²) < 4.78 is 5.78. The van der Waals surface area contributed by atoms with Crippen molar-refractivity contribution in [1.82, 2.24) is 5.32 Å². The van der Waals surface area contributed by atoms with Crippen LogP contribution in [0.3, 0.4) is 0 Å². The van der Waals surface area contributed by atoms with Crippen molar-refractivity contribution in [3.63, 3.8) is 0 Å². The van der Waals surface area contributed by atoms with Crippen LogP contribution in [0.5, 0.6) is 0 Å². The standard InChI is InChI=1S/C12H16BrNO2/c1-8-2-3-9(6-8)7-14-12(15)10-4-5-11(13)16-10/h4-5,8-9H,2-3,6-7H2,1H3,(H,14,15). The van der Waals surface area contributed by atoms with Gasteiger partial charge in [0.25, 0.3) is 5.91 Å². The molecule has 0 bridgehead atoms. The average molecular weight is 286 g/mol. The lowest BCUT2D eigenvalue weighted by atomic mass is 10.1. The zero-order chi connectivity index (χ0) is 11.5. The van der Waals surface area contributed by atoms with Gasteiger partial charge in [0, 0.05) is 6.54 Å². The highest BCUT2D eigenvalue weighted by atomic mass is 79.9. The van der Waals surface area contributed by atoms with E-state index >= 15 is 0 Å². The number of furan rings is 1. The van der Waals surface area contributed by atoms with Gasteiger partial charge in [-0.1, -0.05) is 13.3 Å². The molecule has 1 heterocycles. The molecule has 16 heavy (non-hydrogen) atoms. The molecule has 0 aromatic carbocycles. The molecule has 0 aliphatic heterocycles. The van der Waals surface area contributed by atoms with Gasteiger partial charge in [-0.15, -0.1) is 0 Å². The molecule has 1 N–H and O–H groups in total. The molecule has 1 aromatic rings. The second-order valence-electron chi connectivity index (χ2n) is 4.60. The van der Waals surface area contributed by atoms with Crippen LogP contribution in [-0.4, -0.2) is 12.5 Å². The molecule has 0 radical (unpaired) electrons. The summed E-state index contributed by atoms with van der Waals surface area (Å²) in [4.78, 5) is 11.7. The smallest absolute Gasteiger partial charge is 0.287 e. The first kappa shape index (κ1) is 11.7. The lowest BCUT2D eigenvalue weighted by molar-refractivity contribution is 0.0918. The second-order valence-corrected chi connectivity index (χ2v) is 5.38. The molecule has 1 fully saturated rings. The number of hydrogen-bond acceptors (Lipinski definition) is 2. The Hall–Kier alpha value is -0.770. The largest absolute Gasteiger partial charge is 0.444 e. The van der Waals surface area contributed by atoms with Gasteiger partial charge < -0.3 is 9.73 Å². The molecule has 1 aromatic heterocycles. The highest BCUT2D eigenvalue weighted by Crippen LogP contribution is 2.29. The first-order chi connectivity index (χ1) is 7.65. The van der Waals surface area contributed by atoms with E-state index in [4.69, 9.17) is 4.42 Å². The molecule has 3 nitrogen and oxygen atoms in total. The van der Waals surface area contributed by atoms with E-state index in [-0.39, 0.29) is 5.91 Å². The van der Waals surface area contributed by atoms with E-state index in [1.165, 1.54) is 19.3 Å². The monoisotopic (exact) mass is 285 g/mol. The highest BCUT2D eigenvalue weighted by molar-refractivity contribution is 9.10. The van der Waals surface area contributed by atoms with Crippen LogP contribution in [0.1, 0.15) is 36.7 Å². The molecule has 2 rings (SSSR count). The Morgan fingerprint density at radius 3 is 2.94 bits per heavy atom. The number of rotatable bonds is 3. The maximum absolute atomic E-state index is 11.7. The van der Waals surface area contributed by atoms with E-state index in [9.17, 15) is 4.79 Å². The van der Waals surface area contributed by atoms with Crippen molar-refractivity contribution in [2.75, 3.05) is 6.54 Å². The van der Waals surface area contributed by atoms with Crippen molar-refractivity contribution in [1.29, 1.82) is 0 Å². The predicted octanol–water partition coefficient (Wildman–Crippen LogP) is 3.21. The van der Waals surface area contributed by atoms with Gasteiger partial charge in [0.2, 0.25) is 0 Å². The summed E-state index contributed by atoms with van der Waals surface area (Å²) in [5.74, 6) is 1.69. The number of carbonyl (C=O) groups excluding carboxylic acids is 1. The van der Waals surface area contributed by atoms with E-state index in [1.54, 1.807) is 12.1 Å². The predicted molar refractivity (Wildman–Crippen MR) is 65.2 cm³/mol. The van der Waals surface area contributed by atoms with Crippen LogP contribution >= 0.6 is 15.9 Å². The van der Waals surface area contributed by atoms with Gasteiger partial charge in [0.1, 0.15) is 0 Å². The van der Waals surface area contributed by atoms with Crippen LogP contribution in [0.2, 0.25) is 0 Å². The van der Waals surface area contributed by atoms with Crippen molar-refractivity contribution < 1.29 is 9.21 Å². The van der Waals surface area contributed by atoms with Gasteiger partial charge in [-0.05, 0) is 52.7 Å². The minimum atomic E-state index is -0.120. The number of hydrogen-bond donors (Lipinski definition) is 1. The molecule has 1 aliphatic carbocycles. The number of amides is 1. The van der Waals surface area contributed by atoms with E-state index in [0.717, 1.165) is 12.5 Å². The summed E-state index contributed by atoms with van der Waals surface area (Å²) in [5.41, 5.74) is 0. The maximum atomic E-state index is 11.7. The zero-order valence-corrected chi connectivity index (χ0v) is 10.9. The van der Waals surface area contributed by atoms with E-state index in [2.05, 4.69) is 28.2 Å². The first-order valence-electron chi connectivity index (χ1n) is 5.68. The van der Waals surface area contributed by atoms with Crippen LogP contribution < -0.4 is 5.32 Å². The van der Waals surface area contributed by atoms with Gasteiger partial charge in [-0.3, -0.25) is 4.79 Å². The van der Waals surface area contributed by atoms with Crippen molar-refractivity contribution >= 4 is 21.8 Å². The van der Waals surface area contributed by atoms with Gasteiger partial charge in [-0.2, -0.15) is 0 Å². The zero-order valence-electron chi connectivity index (χ0n) is 9.33. The van der Waals surface area contributed by atoms with Crippen LogP contribution in [-0.2, 0) is 0 Å². The first-order valence-corrected chi connectivity index (χ1v) is 6.48. The fourth-order valence-corrected chi connectivity index (χ4v) is 2.58. The van der Waals surface area contributed by atoms with E-state index < -0.39 is 0 Å². The lowest BCUT2D eigenvalue weighted by Gasteiger charge is -2.09. The molecule has 2 atom stereocenters. The van der Waals surface area contributed by atoms with Gasteiger partial charge >= 0.3 is 0 Å². The molecule has 2 unspecified atom stereocenters. The fraction of sp³-hybridized carbons (Fsp3) is 0.583. The van der Waals surface area contributed by atoms with Crippen LogP contribution in [0, 0.1) is 11.8 Å². The molecule has 0 saturated heterocycles. The molecule has 1 saturated carbocycles. The molecular formula is C12H16BrNO2. The Morgan fingerprint density at radius 2 is 2.38 bits per heavy atom. The van der Waals surface area contributed by atoms with Crippen molar-refractivity contribution in [2.24, 2.45) is 11.8 Å². The van der Waals surface area contributed by atoms with Crippen molar-refractivity contribution in [3.05, 3.63) is 22.6 Å². The fourth-order valence-electron chi connectivity index (χ4n) is 2.27. The normalized spacial score (nSPS) is 24.6. The van der Waals surface area contributed by atoms with E-state index in [1.807, 2.05) is 0 Å². The Balaban J connectivity index is 1.80. The summed E-state index contributed by atoms with van der Waals surface area (Å²) in [6, 6.07) is 3.41. The number of carbonyl (C=O) groups is 1. The van der Waals surface area contributed by atoms with Gasteiger partial charge in [-0.25, -0.2) is 0 Å². The molecule has 0 spiro atoms. The van der Waals surface area contributed by atoms with Crippen molar-refractivity contribution in [2.45, 2.75) is 26.2 Å². The number of halogens is 1. The second kappa shape index (κ2) is 5.04. The summed E-state index contributed by atoms with van der Waals surface area (Å²) in [6.45, 7) is 3.03. The Labute approximate surface area is 104 Å². The molecule has 88 valence electrons. The SMILES string of the molecule is CC1CCC(CNC(=O)c2ccc(Br)o2)C1. The summed E-state index contributed by atoms with van der Waals surface area (Å²) in [6.07, 6.45) is 3.73. The Kier molecular flexibility index (Phi) is 3.69. The number of nitrogens with one attached hydrogen (secondary N) is 1. The third-order valence-electron chi connectivity index (χ3n) is 3.15. The topological polar surface area (TPSA) is 42.2 Å². The van der Waals surface area contributed by atoms with Crippen molar-refractivity contribution in [3.8, 4) is 0 Å². The molecule has 1 amide bonds. The molecular weight excluding hydrogens is 270 g/mol. The van der Waals surface area contributed by atoms with E-state index in [0.29, 0.717) is 16.3 Å². The molecule has 1 aliphatic rings. The van der Waals surface area contributed by atoms with Gasteiger partial charge in [0.15, 0.2) is 10.4 Å². The van der Waals surface area contributed by atoms with Crippen LogP contribution in [0.25, 0.3) is 0 Å². The maximum Gasteiger partial charge on any atom is 0.287 e.